The first-order valence-corrected chi connectivity index (χ1v) is 9.33. The molecule has 142 valence electrons. The predicted molar refractivity (Wildman–Crippen MR) is 97.9 cm³/mol. The lowest BCUT2D eigenvalue weighted by molar-refractivity contribution is -0.143. The number of aliphatic carboxylic acids is 1. The molecule has 7 heteroatoms. The molecule has 2 aliphatic rings. The van der Waals surface area contributed by atoms with Crippen LogP contribution in [0.15, 0.2) is 24.3 Å². The zero-order valence-electron chi connectivity index (χ0n) is 15.1. The molecule has 27 heavy (non-hydrogen) atoms. The van der Waals surface area contributed by atoms with Gasteiger partial charge >= 0.3 is 5.97 Å². The van der Waals surface area contributed by atoms with Crippen molar-refractivity contribution >= 4 is 23.5 Å². The number of carbonyl (C=O) groups is 3. The maximum Gasteiger partial charge on any atom is 0.326 e. The lowest BCUT2D eigenvalue weighted by Crippen LogP contribution is -2.48. The van der Waals surface area contributed by atoms with Crippen molar-refractivity contribution < 1.29 is 19.5 Å². The first-order valence-electron chi connectivity index (χ1n) is 9.33. The number of anilines is 1. The van der Waals surface area contributed by atoms with E-state index in [2.05, 4.69) is 11.4 Å². The van der Waals surface area contributed by atoms with Crippen molar-refractivity contribution in [3.8, 4) is 6.07 Å². The molecular weight excluding hydrogens is 346 g/mol. The summed E-state index contributed by atoms with van der Waals surface area (Å²) in [6, 6.07) is 7.81. The summed E-state index contributed by atoms with van der Waals surface area (Å²) in [4.78, 5) is 38.2. The average Bonchev–Trinajstić information content (AvgIpc) is 3.18. The average molecular weight is 369 g/mol. The van der Waals surface area contributed by atoms with Gasteiger partial charge in [0, 0.05) is 17.8 Å². The van der Waals surface area contributed by atoms with Gasteiger partial charge < -0.3 is 15.3 Å². The maximum absolute atomic E-state index is 12.8. The fourth-order valence-electron chi connectivity index (χ4n) is 3.95. The molecule has 2 amide bonds. The molecule has 1 saturated heterocycles. The van der Waals surface area contributed by atoms with Crippen LogP contribution in [0.2, 0.25) is 0 Å². The van der Waals surface area contributed by atoms with E-state index < -0.39 is 17.4 Å². The molecule has 7 nitrogen and oxygen atoms in total. The lowest BCUT2D eigenvalue weighted by atomic mass is 9.87. The van der Waals surface area contributed by atoms with Gasteiger partial charge in [-0.15, -0.1) is 0 Å². The third-order valence-corrected chi connectivity index (χ3v) is 5.52. The fourth-order valence-corrected chi connectivity index (χ4v) is 3.95. The molecule has 1 aromatic carbocycles. The van der Waals surface area contributed by atoms with E-state index in [1.165, 1.54) is 4.90 Å². The number of hydrogen-bond donors (Lipinski definition) is 2. The number of rotatable bonds is 4. The molecule has 1 saturated carbocycles. The number of hydrogen-bond acceptors (Lipinski definition) is 4. The third-order valence-electron chi connectivity index (χ3n) is 5.52. The van der Waals surface area contributed by atoms with Crippen LogP contribution in [0.25, 0.3) is 0 Å². The quantitative estimate of drug-likeness (QED) is 0.848. The van der Waals surface area contributed by atoms with Crippen LogP contribution < -0.4 is 5.32 Å². The van der Waals surface area contributed by atoms with Gasteiger partial charge in [0.2, 0.25) is 5.91 Å². The first-order chi connectivity index (χ1) is 13.0. The van der Waals surface area contributed by atoms with Crippen LogP contribution >= 0.6 is 0 Å². The number of nitrogens with zero attached hydrogens (tertiary/aromatic N) is 2. The third kappa shape index (κ3) is 3.80. The molecule has 3 rings (SSSR count). The minimum Gasteiger partial charge on any atom is -0.480 e. The summed E-state index contributed by atoms with van der Waals surface area (Å²) in [7, 11) is 0. The van der Waals surface area contributed by atoms with E-state index in [0.29, 0.717) is 37.1 Å². The largest absolute Gasteiger partial charge is 0.480 e. The second-order valence-corrected chi connectivity index (χ2v) is 7.28. The summed E-state index contributed by atoms with van der Waals surface area (Å²) < 4.78 is 0. The van der Waals surface area contributed by atoms with Gasteiger partial charge in [0.1, 0.15) is 11.5 Å². The van der Waals surface area contributed by atoms with Crippen LogP contribution in [0.5, 0.6) is 0 Å². The van der Waals surface area contributed by atoms with Gasteiger partial charge in [-0.25, -0.2) is 4.79 Å². The van der Waals surface area contributed by atoms with Crippen LogP contribution in [0.4, 0.5) is 5.69 Å². The smallest absolute Gasteiger partial charge is 0.326 e. The minimum absolute atomic E-state index is 0.332. The molecule has 1 aliphatic heterocycles. The molecule has 1 aliphatic carbocycles. The number of likely N-dealkylation sites (tertiary alicyclic amines) is 1. The number of benzene rings is 1. The SMILES string of the molecule is N#CC1(C(=O)Nc2cccc(C(=O)N3CCCCC3C(=O)O)c2)CCCC1. The molecule has 1 heterocycles. The second-order valence-electron chi connectivity index (χ2n) is 7.28. The van der Waals surface area contributed by atoms with Gasteiger partial charge in [-0.2, -0.15) is 5.26 Å². The Hall–Kier alpha value is -2.88. The van der Waals surface area contributed by atoms with E-state index in [1.54, 1.807) is 24.3 Å². The number of amides is 2. The fraction of sp³-hybridized carbons (Fsp3) is 0.500. The van der Waals surface area contributed by atoms with Crippen molar-refractivity contribution in [2.45, 2.75) is 51.0 Å². The Balaban J connectivity index is 1.77. The summed E-state index contributed by atoms with van der Waals surface area (Å²) in [5.41, 5.74) is -0.226. The number of nitrogens with one attached hydrogen (secondary N) is 1. The van der Waals surface area contributed by atoms with Gasteiger partial charge in [0.05, 0.1) is 6.07 Å². The van der Waals surface area contributed by atoms with Gasteiger partial charge in [0.25, 0.3) is 5.91 Å². The lowest BCUT2D eigenvalue weighted by Gasteiger charge is -2.33. The van der Waals surface area contributed by atoms with Crippen molar-refractivity contribution in [2.24, 2.45) is 5.41 Å². The highest BCUT2D eigenvalue weighted by Gasteiger charge is 2.41. The Labute approximate surface area is 158 Å². The Morgan fingerprint density at radius 1 is 1.19 bits per heavy atom. The predicted octanol–water partition coefficient (Wildman–Crippen LogP) is 2.79. The highest BCUT2D eigenvalue weighted by atomic mass is 16.4. The van der Waals surface area contributed by atoms with E-state index in [1.807, 2.05) is 0 Å². The molecule has 2 fully saturated rings. The van der Waals surface area contributed by atoms with Crippen LogP contribution in [-0.4, -0.2) is 40.4 Å². The highest BCUT2D eigenvalue weighted by Crippen LogP contribution is 2.38. The number of carboxylic acids is 1. The van der Waals surface area contributed by atoms with Crippen LogP contribution in [0, 0.1) is 16.7 Å². The number of nitriles is 1. The molecule has 1 atom stereocenters. The molecular formula is C20H23N3O4. The molecule has 0 aromatic heterocycles. The molecule has 1 unspecified atom stereocenters. The van der Waals surface area contributed by atoms with E-state index in [9.17, 15) is 24.8 Å². The zero-order valence-corrected chi connectivity index (χ0v) is 15.1. The van der Waals surface area contributed by atoms with Gasteiger partial charge in [0.15, 0.2) is 0 Å². The highest BCUT2D eigenvalue weighted by molar-refractivity contribution is 6.00. The Kier molecular flexibility index (Phi) is 5.45. The standard InChI is InChI=1S/C20H23N3O4/c21-13-20(9-2-3-10-20)19(27)22-15-7-5-6-14(12-15)17(24)23-11-4-1-8-16(23)18(25)26/h5-7,12,16H,1-4,8-11H2,(H,22,27)(H,25,26). The summed E-state index contributed by atoms with van der Waals surface area (Å²) in [6.45, 7) is 0.407. The minimum atomic E-state index is -0.999. The molecule has 2 N–H and O–H groups in total. The zero-order chi connectivity index (χ0) is 19.4. The van der Waals surface area contributed by atoms with Crippen molar-refractivity contribution in [3.63, 3.8) is 0 Å². The summed E-state index contributed by atoms with van der Waals surface area (Å²) in [6.07, 6.45) is 4.80. The Bertz CT molecular complexity index is 793. The van der Waals surface area contributed by atoms with E-state index in [4.69, 9.17) is 0 Å². The molecule has 1 aromatic rings. The molecule has 0 spiro atoms. The Morgan fingerprint density at radius 3 is 2.59 bits per heavy atom. The molecule has 0 bridgehead atoms. The Morgan fingerprint density at radius 2 is 1.93 bits per heavy atom. The van der Waals surface area contributed by atoms with Gasteiger partial charge in [-0.1, -0.05) is 18.9 Å². The summed E-state index contributed by atoms with van der Waals surface area (Å²) >= 11 is 0. The van der Waals surface area contributed by atoms with Crippen LogP contribution in [0.3, 0.4) is 0 Å². The van der Waals surface area contributed by atoms with Crippen molar-refractivity contribution in [1.82, 2.24) is 4.90 Å². The van der Waals surface area contributed by atoms with Crippen LogP contribution in [-0.2, 0) is 9.59 Å². The number of carbonyl (C=O) groups excluding carboxylic acids is 2. The monoisotopic (exact) mass is 369 g/mol. The van der Waals surface area contributed by atoms with Gasteiger partial charge in [-0.3, -0.25) is 9.59 Å². The molecule has 0 radical (unpaired) electrons. The normalized spacial score (nSPS) is 21.3. The van der Waals surface area contributed by atoms with Crippen molar-refractivity contribution in [3.05, 3.63) is 29.8 Å². The van der Waals surface area contributed by atoms with Gasteiger partial charge in [-0.05, 0) is 50.3 Å². The van der Waals surface area contributed by atoms with Crippen molar-refractivity contribution in [2.75, 3.05) is 11.9 Å². The van der Waals surface area contributed by atoms with Crippen LogP contribution in [0.1, 0.15) is 55.3 Å². The van der Waals surface area contributed by atoms with E-state index in [0.717, 1.165) is 25.7 Å². The van der Waals surface area contributed by atoms with E-state index >= 15 is 0 Å². The summed E-state index contributed by atoms with van der Waals surface area (Å²) in [5, 5.41) is 21.6. The first kappa shape index (κ1) is 18.9. The number of carboxylic acid groups (broad SMARTS) is 1. The second kappa shape index (κ2) is 7.78. The maximum atomic E-state index is 12.8. The summed E-state index contributed by atoms with van der Waals surface area (Å²) in [5.74, 6) is -1.69. The number of piperidine rings is 1. The van der Waals surface area contributed by atoms with Crippen molar-refractivity contribution in [1.29, 1.82) is 5.26 Å². The topological polar surface area (TPSA) is 111 Å². The van der Waals surface area contributed by atoms with E-state index in [-0.39, 0.29) is 11.8 Å².